The number of hydrogen-bond acceptors (Lipinski definition) is 5. The SMILES string of the molecule is CCN(CC)S(=O)(=O)c1ccc(F)c(C(=O)Nc2nc(-c3ccc(F)c(F)c3)cs2)c1. The first kappa shape index (κ1) is 22.9. The van der Waals surface area contributed by atoms with Gasteiger partial charge in [-0.2, -0.15) is 4.31 Å². The van der Waals surface area contributed by atoms with Gasteiger partial charge in [0.05, 0.1) is 16.2 Å². The van der Waals surface area contributed by atoms with Crippen LogP contribution >= 0.6 is 11.3 Å². The first-order valence-corrected chi connectivity index (χ1v) is 11.5. The van der Waals surface area contributed by atoms with E-state index in [1.165, 1.54) is 15.8 Å². The largest absolute Gasteiger partial charge is 0.298 e. The van der Waals surface area contributed by atoms with Crippen LogP contribution in [-0.4, -0.2) is 36.7 Å². The summed E-state index contributed by atoms with van der Waals surface area (Å²) in [6.45, 7) is 3.80. The van der Waals surface area contributed by atoms with Crippen molar-refractivity contribution in [1.29, 1.82) is 0 Å². The van der Waals surface area contributed by atoms with Crippen molar-refractivity contribution in [3.05, 3.63) is 64.8 Å². The zero-order chi connectivity index (χ0) is 22.8. The average molecular weight is 470 g/mol. The number of carbonyl (C=O) groups excluding carboxylic acids is 1. The number of nitrogens with zero attached hydrogens (tertiary/aromatic N) is 2. The Morgan fingerprint density at radius 1 is 1.03 bits per heavy atom. The molecule has 3 rings (SSSR count). The number of amides is 1. The molecule has 1 amide bonds. The van der Waals surface area contributed by atoms with Crippen LogP contribution in [0.15, 0.2) is 46.7 Å². The van der Waals surface area contributed by atoms with E-state index < -0.39 is 38.9 Å². The number of nitrogens with one attached hydrogen (secondary N) is 1. The predicted molar refractivity (Wildman–Crippen MR) is 112 cm³/mol. The fourth-order valence-corrected chi connectivity index (χ4v) is 5.03. The van der Waals surface area contributed by atoms with Crippen molar-refractivity contribution >= 4 is 32.4 Å². The summed E-state index contributed by atoms with van der Waals surface area (Å²) in [5.74, 6) is -3.82. The van der Waals surface area contributed by atoms with Crippen LogP contribution in [0.1, 0.15) is 24.2 Å². The zero-order valence-electron chi connectivity index (χ0n) is 16.5. The molecule has 3 aromatic rings. The molecule has 0 radical (unpaired) electrons. The Labute approximate surface area is 181 Å². The number of rotatable bonds is 7. The second-order valence-electron chi connectivity index (χ2n) is 6.35. The monoisotopic (exact) mass is 469 g/mol. The van der Waals surface area contributed by atoms with Crippen LogP contribution in [0.2, 0.25) is 0 Å². The first-order chi connectivity index (χ1) is 14.7. The third kappa shape index (κ3) is 4.78. The van der Waals surface area contributed by atoms with E-state index in [-0.39, 0.29) is 28.8 Å². The lowest BCUT2D eigenvalue weighted by Crippen LogP contribution is -2.31. The first-order valence-electron chi connectivity index (χ1n) is 9.19. The van der Waals surface area contributed by atoms with Crippen LogP contribution in [0.3, 0.4) is 0 Å². The number of carbonyl (C=O) groups is 1. The Balaban J connectivity index is 1.86. The summed E-state index contributed by atoms with van der Waals surface area (Å²) in [5.41, 5.74) is 0.129. The van der Waals surface area contributed by atoms with Crippen LogP contribution in [0.4, 0.5) is 18.3 Å². The predicted octanol–water partition coefficient (Wildman–Crippen LogP) is 4.51. The van der Waals surface area contributed by atoms with E-state index in [0.717, 1.165) is 41.7 Å². The molecule has 0 saturated carbocycles. The third-order valence-corrected chi connectivity index (χ3v) is 7.27. The minimum Gasteiger partial charge on any atom is -0.298 e. The molecule has 0 aliphatic rings. The highest BCUT2D eigenvalue weighted by atomic mass is 32.2. The van der Waals surface area contributed by atoms with Gasteiger partial charge in [0.15, 0.2) is 16.8 Å². The molecule has 0 aliphatic carbocycles. The average Bonchev–Trinajstić information content (AvgIpc) is 3.19. The van der Waals surface area contributed by atoms with E-state index in [9.17, 15) is 26.4 Å². The number of benzene rings is 2. The third-order valence-electron chi connectivity index (χ3n) is 4.47. The van der Waals surface area contributed by atoms with Gasteiger partial charge < -0.3 is 0 Å². The second kappa shape index (κ2) is 9.16. The zero-order valence-corrected chi connectivity index (χ0v) is 18.2. The normalized spacial score (nSPS) is 11.7. The van der Waals surface area contributed by atoms with Gasteiger partial charge in [-0.1, -0.05) is 13.8 Å². The lowest BCUT2D eigenvalue weighted by Gasteiger charge is -2.18. The van der Waals surface area contributed by atoms with Gasteiger partial charge in [-0.15, -0.1) is 11.3 Å². The maximum Gasteiger partial charge on any atom is 0.260 e. The van der Waals surface area contributed by atoms with Gasteiger partial charge in [-0.05, 0) is 36.4 Å². The second-order valence-corrected chi connectivity index (χ2v) is 9.15. The molecule has 0 fully saturated rings. The van der Waals surface area contributed by atoms with Crippen LogP contribution in [0.25, 0.3) is 11.3 Å². The minimum absolute atomic E-state index is 0.0844. The number of sulfonamides is 1. The minimum atomic E-state index is -3.88. The van der Waals surface area contributed by atoms with Gasteiger partial charge in [0.1, 0.15) is 5.82 Å². The molecule has 0 atom stereocenters. The maximum atomic E-state index is 14.3. The highest BCUT2D eigenvalue weighted by molar-refractivity contribution is 7.89. The molecule has 1 heterocycles. The standard InChI is InChI=1S/C20H18F3N3O3S2/c1-3-26(4-2)31(28,29)13-6-8-15(21)14(10-13)19(27)25-20-24-18(11-30-20)12-5-7-16(22)17(23)9-12/h5-11H,3-4H2,1-2H3,(H,24,25,27). The molecule has 0 aliphatic heterocycles. The molecule has 0 spiro atoms. The molecule has 1 aromatic heterocycles. The molecular formula is C20H18F3N3O3S2. The number of thiazole rings is 1. The van der Waals surface area contributed by atoms with Crippen molar-refractivity contribution < 1.29 is 26.4 Å². The van der Waals surface area contributed by atoms with Crippen molar-refractivity contribution in [3.8, 4) is 11.3 Å². The molecule has 0 bridgehead atoms. The molecule has 6 nitrogen and oxygen atoms in total. The maximum absolute atomic E-state index is 14.3. The summed E-state index contributed by atoms with van der Waals surface area (Å²) in [4.78, 5) is 16.5. The van der Waals surface area contributed by atoms with Crippen LogP contribution < -0.4 is 5.32 Å². The van der Waals surface area contributed by atoms with E-state index in [4.69, 9.17) is 0 Å². The molecule has 31 heavy (non-hydrogen) atoms. The van der Waals surface area contributed by atoms with E-state index in [0.29, 0.717) is 5.56 Å². The Kier molecular flexibility index (Phi) is 6.77. The summed E-state index contributed by atoms with van der Waals surface area (Å²) >= 11 is 0.997. The fraction of sp³-hybridized carbons (Fsp3) is 0.200. The quantitative estimate of drug-likeness (QED) is 0.552. The van der Waals surface area contributed by atoms with E-state index in [1.54, 1.807) is 13.8 Å². The molecule has 0 saturated heterocycles. The van der Waals surface area contributed by atoms with E-state index in [2.05, 4.69) is 10.3 Å². The molecule has 0 unspecified atom stereocenters. The van der Waals surface area contributed by atoms with Gasteiger partial charge >= 0.3 is 0 Å². The van der Waals surface area contributed by atoms with Gasteiger partial charge in [0.25, 0.3) is 5.91 Å². The van der Waals surface area contributed by atoms with Crippen molar-refractivity contribution in [3.63, 3.8) is 0 Å². The lowest BCUT2D eigenvalue weighted by molar-refractivity contribution is 0.102. The van der Waals surface area contributed by atoms with Gasteiger partial charge in [-0.3, -0.25) is 10.1 Å². The van der Waals surface area contributed by atoms with Crippen LogP contribution in [0.5, 0.6) is 0 Å². The Bertz CT molecular complexity index is 1230. The van der Waals surface area contributed by atoms with Gasteiger partial charge in [-0.25, -0.2) is 26.6 Å². The highest BCUT2D eigenvalue weighted by Crippen LogP contribution is 2.27. The Hall–Kier alpha value is -2.76. The lowest BCUT2D eigenvalue weighted by atomic mass is 10.2. The number of anilines is 1. The van der Waals surface area contributed by atoms with Crippen LogP contribution in [0, 0.1) is 17.5 Å². The highest BCUT2D eigenvalue weighted by Gasteiger charge is 2.24. The van der Waals surface area contributed by atoms with Crippen molar-refractivity contribution in [2.45, 2.75) is 18.7 Å². The molecule has 2 aromatic carbocycles. The van der Waals surface area contributed by atoms with Crippen LogP contribution in [-0.2, 0) is 10.0 Å². The topological polar surface area (TPSA) is 79.4 Å². The molecule has 11 heteroatoms. The molecular weight excluding hydrogens is 451 g/mol. The Morgan fingerprint density at radius 2 is 1.71 bits per heavy atom. The van der Waals surface area contributed by atoms with Crippen molar-refractivity contribution in [2.24, 2.45) is 0 Å². The summed E-state index contributed by atoms with van der Waals surface area (Å²) in [5, 5.41) is 4.00. The molecule has 1 N–H and O–H groups in total. The summed E-state index contributed by atoms with van der Waals surface area (Å²) in [6, 6.07) is 6.25. The molecule has 164 valence electrons. The van der Waals surface area contributed by atoms with E-state index >= 15 is 0 Å². The van der Waals surface area contributed by atoms with Gasteiger partial charge in [0.2, 0.25) is 10.0 Å². The summed E-state index contributed by atoms with van der Waals surface area (Å²) in [6.07, 6.45) is 0. The number of aromatic nitrogens is 1. The smallest absolute Gasteiger partial charge is 0.260 e. The fourth-order valence-electron chi connectivity index (χ4n) is 2.84. The summed E-state index contributed by atoms with van der Waals surface area (Å²) in [7, 11) is -3.88. The summed E-state index contributed by atoms with van der Waals surface area (Å²) < 4.78 is 67.3. The number of halogens is 3. The van der Waals surface area contributed by atoms with Crippen molar-refractivity contribution in [1.82, 2.24) is 9.29 Å². The number of hydrogen-bond donors (Lipinski definition) is 1. The Morgan fingerprint density at radius 3 is 2.35 bits per heavy atom. The van der Waals surface area contributed by atoms with E-state index in [1.807, 2.05) is 0 Å². The van der Waals surface area contributed by atoms with Gasteiger partial charge in [0, 0.05) is 24.0 Å². The van der Waals surface area contributed by atoms with Crippen molar-refractivity contribution in [2.75, 3.05) is 18.4 Å².